The predicted octanol–water partition coefficient (Wildman–Crippen LogP) is 2.68. The number of anilines is 1. The Balaban J connectivity index is 2.88. The van der Waals surface area contributed by atoms with Gasteiger partial charge in [0.05, 0.1) is 23.3 Å². The average molecular weight is 286 g/mol. The highest BCUT2D eigenvalue weighted by Gasteiger charge is 2.33. The van der Waals surface area contributed by atoms with Gasteiger partial charge in [-0.2, -0.15) is 18.4 Å². The number of hydrogen-bond acceptors (Lipinski definition) is 3. The Bertz CT molecular complexity index is 533. The van der Waals surface area contributed by atoms with Crippen molar-refractivity contribution >= 4 is 11.6 Å². The minimum Gasteiger partial charge on any atom is -0.393 e. The number of carbonyl (C=O) groups excluding carboxylic acids is 1. The molecule has 4 nitrogen and oxygen atoms in total. The van der Waals surface area contributed by atoms with Crippen molar-refractivity contribution in [1.29, 1.82) is 5.26 Å². The lowest BCUT2D eigenvalue weighted by molar-refractivity contribution is -0.137. The summed E-state index contributed by atoms with van der Waals surface area (Å²) in [5.74, 6) is -0.497. The fraction of sp³-hybridized carbons (Fsp3) is 0.385. The molecule has 2 N–H and O–H groups in total. The summed E-state index contributed by atoms with van der Waals surface area (Å²) in [6.45, 7) is 1.51. The number of amides is 1. The monoisotopic (exact) mass is 286 g/mol. The Morgan fingerprint density at radius 2 is 2.15 bits per heavy atom. The number of aliphatic hydroxyl groups excluding tert-OH is 1. The van der Waals surface area contributed by atoms with Gasteiger partial charge in [-0.05, 0) is 31.5 Å². The van der Waals surface area contributed by atoms with Crippen molar-refractivity contribution in [2.24, 2.45) is 0 Å². The van der Waals surface area contributed by atoms with Crippen LogP contribution in [0.1, 0.15) is 30.9 Å². The second kappa shape index (κ2) is 6.39. The maximum Gasteiger partial charge on any atom is 0.417 e. The first-order valence-corrected chi connectivity index (χ1v) is 5.83. The van der Waals surface area contributed by atoms with E-state index in [1.54, 1.807) is 0 Å². The van der Waals surface area contributed by atoms with E-state index in [9.17, 15) is 18.0 Å². The van der Waals surface area contributed by atoms with Crippen LogP contribution in [0.4, 0.5) is 18.9 Å². The van der Waals surface area contributed by atoms with Crippen molar-refractivity contribution in [3.8, 4) is 6.07 Å². The van der Waals surface area contributed by atoms with Gasteiger partial charge in [0.15, 0.2) is 0 Å². The van der Waals surface area contributed by atoms with Crippen LogP contribution < -0.4 is 5.32 Å². The second-order valence-electron chi connectivity index (χ2n) is 4.31. The highest BCUT2D eigenvalue weighted by molar-refractivity contribution is 5.90. The molecule has 0 aromatic heterocycles. The molecule has 0 aliphatic carbocycles. The minimum atomic E-state index is -4.66. The Kier molecular flexibility index (Phi) is 5.11. The summed E-state index contributed by atoms with van der Waals surface area (Å²) in [6.07, 6.45) is -5.11. The SMILES string of the molecule is CC(O)CCC(=O)Nc1ccc(C#N)c(C(F)(F)F)c1. The van der Waals surface area contributed by atoms with Crippen LogP contribution in [0.15, 0.2) is 18.2 Å². The Morgan fingerprint density at radius 3 is 2.65 bits per heavy atom. The van der Waals surface area contributed by atoms with Gasteiger partial charge in [0.25, 0.3) is 0 Å². The lowest BCUT2D eigenvalue weighted by atomic mass is 10.1. The van der Waals surface area contributed by atoms with Crippen LogP contribution in [0.2, 0.25) is 0 Å². The molecule has 7 heteroatoms. The van der Waals surface area contributed by atoms with E-state index >= 15 is 0 Å². The van der Waals surface area contributed by atoms with Gasteiger partial charge in [0.1, 0.15) is 0 Å². The summed E-state index contributed by atoms with van der Waals surface area (Å²) in [5.41, 5.74) is -1.63. The van der Waals surface area contributed by atoms with Crippen molar-refractivity contribution in [3.63, 3.8) is 0 Å². The van der Waals surface area contributed by atoms with Gasteiger partial charge in [0, 0.05) is 12.1 Å². The van der Waals surface area contributed by atoms with Crippen molar-refractivity contribution < 1.29 is 23.1 Å². The molecule has 1 amide bonds. The molecule has 1 aromatic carbocycles. The van der Waals surface area contributed by atoms with Gasteiger partial charge in [0.2, 0.25) is 5.91 Å². The molecule has 1 aromatic rings. The van der Waals surface area contributed by atoms with Crippen LogP contribution in [0.3, 0.4) is 0 Å². The molecule has 0 spiro atoms. The Labute approximate surface area is 113 Å². The van der Waals surface area contributed by atoms with E-state index in [4.69, 9.17) is 10.4 Å². The summed E-state index contributed by atoms with van der Waals surface area (Å²) in [7, 11) is 0. The third-order valence-electron chi connectivity index (χ3n) is 2.52. The maximum absolute atomic E-state index is 12.7. The quantitative estimate of drug-likeness (QED) is 0.893. The summed E-state index contributed by atoms with van der Waals surface area (Å²) in [6, 6.07) is 4.42. The summed E-state index contributed by atoms with van der Waals surface area (Å²) >= 11 is 0. The number of nitrogens with zero attached hydrogens (tertiary/aromatic N) is 1. The second-order valence-corrected chi connectivity index (χ2v) is 4.31. The molecule has 0 aliphatic heterocycles. The molecule has 20 heavy (non-hydrogen) atoms. The number of carbonyl (C=O) groups is 1. The van der Waals surface area contributed by atoms with Gasteiger partial charge in [-0.3, -0.25) is 4.79 Å². The van der Waals surface area contributed by atoms with Gasteiger partial charge in [-0.15, -0.1) is 0 Å². The number of aliphatic hydroxyl groups is 1. The zero-order chi connectivity index (χ0) is 15.3. The Morgan fingerprint density at radius 1 is 1.50 bits per heavy atom. The fourth-order valence-electron chi connectivity index (χ4n) is 1.52. The number of nitrogens with one attached hydrogen (secondary N) is 1. The number of hydrogen-bond donors (Lipinski definition) is 2. The van der Waals surface area contributed by atoms with E-state index in [0.29, 0.717) is 0 Å². The number of nitriles is 1. The number of alkyl halides is 3. The largest absolute Gasteiger partial charge is 0.417 e. The van der Waals surface area contributed by atoms with Crippen LogP contribution in [-0.2, 0) is 11.0 Å². The number of rotatable bonds is 4. The molecule has 0 heterocycles. The average Bonchev–Trinajstić information content (AvgIpc) is 2.35. The maximum atomic E-state index is 12.7. The van der Waals surface area contributed by atoms with Crippen LogP contribution in [0.25, 0.3) is 0 Å². The van der Waals surface area contributed by atoms with E-state index in [1.807, 2.05) is 0 Å². The molecule has 108 valence electrons. The molecule has 0 bridgehead atoms. The van der Waals surface area contributed by atoms with Gasteiger partial charge >= 0.3 is 6.18 Å². The molecular formula is C13H13F3N2O2. The first-order chi connectivity index (χ1) is 9.24. The van der Waals surface area contributed by atoms with Crippen LogP contribution in [0.5, 0.6) is 0 Å². The summed E-state index contributed by atoms with van der Waals surface area (Å²) in [4.78, 5) is 11.5. The predicted molar refractivity (Wildman–Crippen MR) is 65.7 cm³/mol. The van der Waals surface area contributed by atoms with E-state index in [-0.39, 0.29) is 18.5 Å². The fourth-order valence-corrected chi connectivity index (χ4v) is 1.52. The van der Waals surface area contributed by atoms with E-state index in [0.717, 1.165) is 12.1 Å². The van der Waals surface area contributed by atoms with Gasteiger partial charge < -0.3 is 10.4 Å². The first kappa shape index (κ1) is 16.0. The molecule has 1 rings (SSSR count). The minimum absolute atomic E-state index is 0.000973. The Hall–Kier alpha value is -2.07. The molecule has 1 atom stereocenters. The molecular weight excluding hydrogens is 273 g/mol. The van der Waals surface area contributed by atoms with Crippen LogP contribution in [-0.4, -0.2) is 17.1 Å². The third-order valence-corrected chi connectivity index (χ3v) is 2.52. The van der Waals surface area contributed by atoms with E-state index in [1.165, 1.54) is 19.1 Å². The smallest absolute Gasteiger partial charge is 0.393 e. The van der Waals surface area contributed by atoms with Crippen molar-refractivity contribution in [3.05, 3.63) is 29.3 Å². The zero-order valence-electron chi connectivity index (χ0n) is 10.7. The number of benzene rings is 1. The highest BCUT2D eigenvalue weighted by Crippen LogP contribution is 2.33. The molecule has 0 saturated carbocycles. The van der Waals surface area contributed by atoms with Crippen molar-refractivity contribution in [1.82, 2.24) is 0 Å². The van der Waals surface area contributed by atoms with Crippen molar-refractivity contribution in [2.75, 3.05) is 5.32 Å². The van der Waals surface area contributed by atoms with Gasteiger partial charge in [-0.1, -0.05) is 0 Å². The van der Waals surface area contributed by atoms with Crippen LogP contribution >= 0.6 is 0 Å². The van der Waals surface area contributed by atoms with E-state index < -0.39 is 29.3 Å². The molecule has 0 radical (unpaired) electrons. The normalized spacial score (nSPS) is 12.6. The lowest BCUT2D eigenvalue weighted by Gasteiger charge is -2.12. The van der Waals surface area contributed by atoms with Crippen LogP contribution in [0, 0.1) is 11.3 Å². The topological polar surface area (TPSA) is 73.1 Å². The standard InChI is InChI=1S/C13H13F3N2O2/c1-8(19)2-5-12(20)18-10-4-3-9(7-17)11(6-10)13(14,15)16/h3-4,6,8,19H,2,5H2,1H3,(H,18,20). The first-order valence-electron chi connectivity index (χ1n) is 5.83. The molecule has 0 fully saturated rings. The zero-order valence-corrected chi connectivity index (χ0v) is 10.7. The molecule has 0 aliphatic rings. The highest BCUT2D eigenvalue weighted by atomic mass is 19.4. The summed E-state index contributed by atoms with van der Waals surface area (Å²) < 4.78 is 38.1. The number of halogens is 3. The lowest BCUT2D eigenvalue weighted by Crippen LogP contribution is -2.15. The van der Waals surface area contributed by atoms with E-state index in [2.05, 4.69) is 5.32 Å². The third kappa shape index (κ3) is 4.55. The summed E-state index contributed by atoms with van der Waals surface area (Å²) in [5, 5.41) is 20.0. The van der Waals surface area contributed by atoms with Crippen molar-refractivity contribution in [2.45, 2.75) is 32.0 Å². The molecule has 1 unspecified atom stereocenters. The van der Waals surface area contributed by atoms with Gasteiger partial charge in [-0.25, -0.2) is 0 Å². The molecule has 0 saturated heterocycles.